The molecule has 1 heterocycles. The molecule has 1 aliphatic carbocycles. The summed E-state index contributed by atoms with van der Waals surface area (Å²) in [5.41, 5.74) is 1.02. The Labute approximate surface area is 266 Å². The molecule has 0 spiro atoms. The quantitative estimate of drug-likeness (QED) is 0.0689. The lowest BCUT2D eigenvalue weighted by Crippen LogP contribution is -2.51. The molecule has 5 N–H and O–H groups in total. The molecule has 2 fully saturated rings. The number of amides is 2. The molecular weight excluding hydrogens is 590 g/mol. The fraction of sp³-hybridized carbons (Fsp3) is 0.324. The van der Waals surface area contributed by atoms with Gasteiger partial charge in [0.2, 0.25) is 11.8 Å². The second-order valence-electron chi connectivity index (χ2n) is 11.6. The monoisotopic (exact) mass is 627 g/mol. The number of hydroxylamine groups is 4. The molecule has 1 saturated carbocycles. The van der Waals surface area contributed by atoms with Crippen LogP contribution in [0.15, 0.2) is 66.7 Å². The van der Waals surface area contributed by atoms with E-state index in [-0.39, 0.29) is 39.5 Å². The van der Waals surface area contributed by atoms with Crippen molar-refractivity contribution in [3.05, 3.63) is 83.4 Å². The lowest BCUT2D eigenvalue weighted by Gasteiger charge is -2.41. The zero-order chi connectivity index (χ0) is 33.0. The first-order chi connectivity index (χ1) is 22.0. The Kier molecular flexibility index (Phi) is 9.90. The van der Waals surface area contributed by atoms with E-state index in [1.54, 1.807) is 42.5 Å². The molecule has 3 unspecified atom stereocenters. The topological polar surface area (TPSA) is 176 Å². The van der Waals surface area contributed by atoms with Crippen molar-refractivity contribution in [2.24, 2.45) is 11.8 Å². The number of benzene rings is 3. The van der Waals surface area contributed by atoms with Crippen LogP contribution >= 0.6 is 0 Å². The molecule has 5 rings (SSSR count). The Hall–Kier alpha value is -4.91. The summed E-state index contributed by atoms with van der Waals surface area (Å²) in [4.78, 5) is 36.9. The summed E-state index contributed by atoms with van der Waals surface area (Å²) in [5, 5.41) is 39.6. The van der Waals surface area contributed by atoms with Gasteiger partial charge >= 0.3 is 0 Å². The van der Waals surface area contributed by atoms with Crippen molar-refractivity contribution in [2.75, 3.05) is 6.54 Å². The van der Waals surface area contributed by atoms with Crippen molar-refractivity contribution in [1.82, 2.24) is 15.4 Å². The average molecular weight is 628 g/mol. The Balaban J connectivity index is 1.42. The van der Waals surface area contributed by atoms with Crippen molar-refractivity contribution in [3.63, 3.8) is 0 Å². The number of nitrogens with zero attached hydrogens (tertiary/aromatic N) is 2. The minimum absolute atomic E-state index is 0.0426. The van der Waals surface area contributed by atoms with Crippen LogP contribution in [0.5, 0.6) is 23.0 Å². The SMILES string of the molecule is CC(=O)N(O)C(=N)c1ccc(Oc2cc(Oc3ccc(C(=N)N(O)C(C)=O)cc3)cc(C(=O)C3NCCC4CCCCC43)c2)cc1. The van der Waals surface area contributed by atoms with Gasteiger partial charge in [0.1, 0.15) is 23.0 Å². The van der Waals surface area contributed by atoms with Crippen molar-refractivity contribution in [1.29, 1.82) is 10.8 Å². The van der Waals surface area contributed by atoms with Gasteiger partial charge in [0.15, 0.2) is 17.5 Å². The second kappa shape index (κ2) is 14.0. The highest BCUT2D eigenvalue weighted by atomic mass is 16.5. The average Bonchev–Trinajstić information content (AvgIpc) is 3.06. The molecule has 2 amide bonds. The fourth-order valence-corrected chi connectivity index (χ4v) is 6.10. The summed E-state index contributed by atoms with van der Waals surface area (Å²) >= 11 is 0. The van der Waals surface area contributed by atoms with Crippen LogP contribution in [0.4, 0.5) is 0 Å². The first-order valence-corrected chi connectivity index (χ1v) is 15.2. The number of ether oxygens (including phenoxy) is 2. The molecule has 3 aromatic carbocycles. The van der Waals surface area contributed by atoms with Crippen LogP contribution in [-0.4, -0.2) is 62.4 Å². The lowest BCUT2D eigenvalue weighted by molar-refractivity contribution is -0.147. The van der Waals surface area contributed by atoms with E-state index in [0.717, 1.165) is 46.1 Å². The third-order valence-electron chi connectivity index (χ3n) is 8.47. The molecule has 12 nitrogen and oxygen atoms in total. The normalized spacial score (nSPS) is 18.9. The van der Waals surface area contributed by atoms with Gasteiger partial charge < -0.3 is 14.8 Å². The van der Waals surface area contributed by atoms with Crippen molar-refractivity contribution < 1.29 is 34.3 Å². The Bertz CT molecular complexity index is 1540. The van der Waals surface area contributed by atoms with E-state index in [9.17, 15) is 24.8 Å². The summed E-state index contributed by atoms with van der Waals surface area (Å²) in [6, 6.07) is 17.1. The van der Waals surface area contributed by atoms with Crippen molar-refractivity contribution >= 4 is 29.3 Å². The molecule has 12 heteroatoms. The van der Waals surface area contributed by atoms with E-state index in [0.29, 0.717) is 45.6 Å². The van der Waals surface area contributed by atoms with Crippen LogP contribution in [0.3, 0.4) is 0 Å². The van der Waals surface area contributed by atoms with Crippen LogP contribution in [0.1, 0.15) is 67.4 Å². The predicted octanol–water partition coefficient (Wildman–Crippen LogP) is 5.75. The molecule has 46 heavy (non-hydrogen) atoms. The molecule has 1 aliphatic heterocycles. The summed E-state index contributed by atoms with van der Waals surface area (Å²) in [6.45, 7) is 3.07. The summed E-state index contributed by atoms with van der Waals surface area (Å²) < 4.78 is 12.2. The largest absolute Gasteiger partial charge is 0.457 e. The fourth-order valence-electron chi connectivity index (χ4n) is 6.10. The standard InChI is InChI=1S/C34H37N5O7/c1-20(40)38(43)33(35)23-7-11-26(12-8-23)45-28-17-25(32(42)31-30-6-4-3-5-22(30)15-16-37-31)18-29(19-28)46-27-13-9-24(10-14-27)34(36)39(44)21(2)41/h7-14,17-19,22,30-31,35-37,43-44H,3-6,15-16H2,1-2H3. The maximum atomic E-state index is 14.0. The summed E-state index contributed by atoms with van der Waals surface area (Å²) in [5.74, 6) is 0.0614. The van der Waals surface area contributed by atoms with E-state index in [4.69, 9.17) is 20.3 Å². The molecule has 3 aromatic rings. The van der Waals surface area contributed by atoms with E-state index < -0.39 is 11.8 Å². The van der Waals surface area contributed by atoms with E-state index in [1.165, 1.54) is 30.7 Å². The Morgan fingerprint density at radius 3 is 1.65 bits per heavy atom. The van der Waals surface area contributed by atoms with E-state index in [1.807, 2.05) is 0 Å². The third-order valence-corrected chi connectivity index (χ3v) is 8.47. The molecule has 2 aliphatic rings. The number of fused-ring (bicyclic) bond motifs is 1. The third kappa shape index (κ3) is 7.31. The maximum Gasteiger partial charge on any atom is 0.249 e. The Morgan fingerprint density at radius 2 is 1.17 bits per heavy atom. The highest BCUT2D eigenvalue weighted by molar-refractivity contribution is 6.05. The molecular formula is C34H37N5O7. The minimum Gasteiger partial charge on any atom is -0.457 e. The summed E-state index contributed by atoms with van der Waals surface area (Å²) in [7, 11) is 0. The number of Topliss-reactive ketones (excluding diaryl/α,β-unsaturated/α-hetero) is 1. The van der Waals surface area contributed by atoms with Gasteiger partial charge in [-0.2, -0.15) is 10.1 Å². The number of hydrogen-bond donors (Lipinski definition) is 5. The maximum absolute atomic E-state index is 14.0. The number of carbonyl (C=O) groups is 3. The van der Waals surface area contributed by atoms with Gasteiger partial charge in [-0.3, -0.25) is 35.6 Å². The number of rotatable bonds is 8. The van der Waals surface area contributed by atoms with Gasteiger partial charge in [-0.25, -0.2) is 0 Å². The molecule has 0 bridgehead atoms. The van der Waals surface area contributed by atoms with Gasteiger partial charge in [0, 0.05) is 36.6 Å². The number of hydrogen-bond acceptors (Lipinski definition) is 10. The highest BCUT2D eigenvalue weighted by Crippen LogP contribution is 2.39. The van der Waals surface area contributed by atoms with Crippen molar-refractivity contribution in [3.8, 4) is 23.0 Å². The highest BCUT2D eigenvalue weighted by Gasteiger charge is 2.38. The number of carbonyl (C=O) groups excluding carboxylic acids is 3. The predicted molar refractivity (Wildman–Crippen MR) is 168 cm³/mol. The first kappa shape index (κ1) is 32.5. The zero-order valence-electron chi connectivity index (χ0n) is 25.7. The Morgan fingerprint density at radius 1 is 0.696 bits per heavy atom. The number of amidine groups is 2. The molecule has 0 aromatic heterocycles. The first-order valence-electron chi connectivity index (χ1n) is 15.2. The number of nitrogens with one attached hydrogen (secondary N) is 3. The van der Waals surface area contributed by atoms with Crippen LogP contribution in [0, 0.1) is 22.7 Å². The molecule has 3 atom stereocenters. The van der Waals surface area contributed by atoms with Crippen LogP contribution in [-0.2, 0) is 9.59 Å². The van der Waals surface area contributed by atoms with E-state index >= 15 is 0 Å². The van der Waals surface area contributed by atoms with Gasteiger partial charge in [-0.05, 0) is 91.9 Å². The lowest BCUT2D eigenvalue weighted by atomic mass is 9.70. The smallest absolute Gasteiger partial charge is 0.249 e. The zero-order valence-corrected chi connectivity index (χ0v) is 25.7. The molecule has 1 saturated heterocycles. The van der Waals surface area contributed by atoms with Gasteiger partial charge in [-0.1, -0.05) is 19.3 Å². The molecule has 0 radical (unpaired) electrons. The van der Waals surface area contributed by atoms with Gasteiger partial charge in [0.05, 0.1) is 6.04 Å². The van der Waals surface area contributed by atoms with Crippen LogP contribution < -0.4 is 14.8 Å². The molecule has 240 valence electrons. The minimum atomic E-state index is -0.689. The summed E-state index contributed by atoms with van der Waals surface area (Å²) in [6.07, 6.45) is 5.49. The van der Waals surface area contributed by atoms with Gasteiger partial charge in [0.25, 0.3) is 0 Å². The van der Waals surface area contributed by atoms with Crippen LogP contribution in [0.2, 0.25) is 0 Å². The van der Waals surface area contributed by atoms with E-state index in [2.05, 4.69) is 5.32 Å². The van der Waals surface area contributed by atoms with Crippen molar-refractivity contribution in [2.45, 2.75) is 52.0 Å². The number of piperidine rings is 1. The number of ketones is 1. The van der Waals surface area contributed by atoms with Crippen LogP contribution in [0.25, 0.3) is 0 Å². The van der Waals surface area contributed by atoms with Gasteiger partial charge in [-0.15, -0.1) is 0 Å². The second-order valence-corrected chi connectivity index (χ2v) is 11.6.